The Balaban J connectivity index is 2.22. The Hall–Kier alpha value is -0.830. The number of nitrogens with zero attached hydrogens (tertiary/aromatic N) is 2. The minimum absolute atomic E-state index is 0.457. The summed E-state index contributed by atoms with van der Waals surface area (Å²) in [6.07, 6.45) is 12.7. The van der Waals surface area contributed by atoms with E-state index >= 15 is 0 Å². The van der Waals surface area contributed by atoms with E-state index in [0.717, 1.165) is 6.54 Å². The summed E-state index contributed by atoms with van der Waals surface area (Å²) >= 11 is 0. The molecule has 0 aliphatic heterocycles. The molecule has 0 aliphatic rings. The molecule has 1 aromatic heterocycles. The summed E-state index contributed by atoms with van der Waals surface area (Å²) in [6.45, 7) is 5.38. The van der Waals surface area contributed by atoms with Gasteiger partial charge in [-0.3, -0.25) is 4.68 Å². The molecule has 110 valence electrons. The van der Waals surface area contributed by atoms with Crippen molar-refractivity contribution < 1.29 is 0 Å². The van der Waals surface area contributed by atoms with Crippen LogP contribution >= 0.6 is 0 Å². The zero-order chi connectivity index (χ0) is 13.9. The number of unbranched alkanes of at least 4 members (excludes halogenated alkanes) is 6. The average molecular weight is 265 g/mol. The Bertz CT molecular complexity index is 320. The molecule has 19 heavy (non-hydrogen) atoms. The van der Waals surface area contributed by atoms with Gasteiger partial charge in [0.05, 0.1) is 5.69 Å². The number of aromatic nitrogens is 2. The lowest BCUT2D eigenvalue weighted by Gasteiger charge is -2.17. The number of hydrogen-bond acceptors (Lipinski definition) is 2. The smallest absolute Gasteiger partial charge is 0.0553 e. The standard InChI is InChI=1S/C16H31N3/c1-4-6-7-8-9-10-11-12-15(17-3)16-13-14-18-19(16)5-2/h13-15,17H,4-12H2,1-3H3. The van der Waals surface area contributed by atoms with E-state index in [4.69, 9.17) is 0 Å². The van der Waals surface area contributed by atoms with Gasteiger partial charge in [-0.05, 0) is 26.5 Å². The third kappa shape index (κ3) is 5.77. The highest BCUT2D eigenvalue weighted by molar-refractivity contribution is 5.06. The molecular formula is C16H31N3. The summed E-state index contributed by atoms with van der Waals surface area (Å²) in [5, 5.41) is 7.79. The van der Waals surface area contributed by atoms with Crippen molar-refractivity contribution in [3.8, 4) is 0 Å². The van der Waals surface area contributed by atoms with Crippen LogP contribution in [0.4, 0.5) is 0 Å². The highest BCUT2D eigenvalue weighted by atomic mass is 15.3. The zero-order valence-corrected chi connectivity index (χ0v) is 13.0. The molecular weight excluding hydrogens is 234 g/mol. The first kappa shape index (κ1) is 16.2. The Kier molecular flexibility index (Phi) is 8.55. The number of rotatable bonds is 11. The van der Waals surface area contributed by atoms with Crippen LogP contribution in [-0.2, 0) is 6.54 Å². The minimum Gasteiger partial charge on any atom is -0.312 e. The Morgan fingerprint density at radius 3 is 2.42 bits per heavy atom. The average Bonchev–Trinajstić information content (AvgIpc) is 2.90. The lowest BCUT2D eigenvalue weighted by molar-refractivity contribution is 0.460. The first-order valence-corrected chi connectivity index (χ1v) is 8.02. The largest absolute Gasteiger partial charge is 0.312 e. The summed E-state index contributed by atoms with van der Waals surface area (Å²) in [5.74, 6) is 0. The van der Waals surface area contributed by atoms with Gasteiger partial charge >= 0.3 is 0 Å². The van der Waals surface area contributed by atoms with Crippen molar-refractivity contribution in [2.24, 2.45) is 0 Å². The van der Waals surface area contributed by atoms with Gasteiger partial charge in [-0.15, -0.1) is 0 Å². The highest BCUT2D eigenvalue weighted by Crippen LogP contribution is 2.20. The fourth-order valence-corrected chi connectivity index (χ4v) is 2.65. The zero-order valence-electron chi connectivity index (χ0n) is 13.0. The fourth-order valence-electron chi connectivity index (χ4n) is 2.65. The second-order valence-corrected chi connectivity index (χ2v) is 5.32. The van der Waals surface area contributed by atoms with Gasteiger partial charge in [0.15, 0.2) is 0 Å². The SMILES string of the molecule is CCCCCCCCCC(NC)c1ccnn1CC. The highest BCUT2D eigenvalue weighted by Gasteiger charge is 2.12. The first-order chi connectivity index (χ1) is 9.33. The molecule has 1 atom stereocenters. The van der Waals surface area contributed by atoms with Gasteiger partial charge in [-0.2, -0.15) is 5.10 Å². The summed E-state index contributed by atoms with van der Waals surface area (Å²) in [6, 6.07) is 2.60. The van der Waals surface area contributed by atoms with E-state index in [1.54, 1.807) is 0 Å². The van der Waals surface area contributed by atoms with Crippen LogP contribution in [0.1, 0.15) is 76.9 Å². The first-order valence-electron chi connectivity index (χ1n) is 8.02. The van der Waals surface area contributed by atoms with Crippen LogP contribution in [0.15, 0.2) is 12.3 Å². The molecule has 1 N–H and O–H groups in total. The quantitative estimate of drug-likeness (QED) is 0.604. The van der Waals surface area contributed by atoms with Crippen LogP contribution in [0.3, 0.4) is 0 Å². The maximum Gasteiger partial charge on any atom is 0.0553 e. The monoisotopic (exact) mass is 265 g/mol. The van der Waals surface area contributed by atoms with E-state index in [-0.39, 0.29) is 0 Å². The second-order valence-electron chi connectivity index (χ2n) is 5.32. The Morgan fingerprint density at radius 1 is 1.11 bits per heavy atom. The molecule has 0 aromatic carbocycles. The fraction of sp³-hybridized carbons (Fsp3) is 0.812. The van der Waals surface area contributed by atoms with Gasteiger partial charge in [0.2, 0.25) is 0 Å². The summed E-state index contributed by atoms with van der Waals surface area (Å²) in [4.78, 5) is 0. The Morgan fingerprint density at radius 2 is 1.79 bits per heavy atom. The molecule has 3 heteroatoms. The third-order valence-corrected chi connectivity index (χ3v) is 3.85. The van der Waals surface area contributed by atoms with E-state index in [9.17, 15) is 0 Å². The van der Waals surface area contributed by atoms with Crippen molar-refractivity contribution in [3.05, 3.63) is 18.0 Å². The number of aryl methyl sites for hydroxylation is 1. The maximum absolute atomic E-state index is 4.36. The second kappa shape index (κ2) is 10.0. The number of nitrogens with one attached hydrogen (secondary N) is 1. The van der Waals surface area contributed by atoms with Gasteiger partial charge in [0.1, 0.15) is 0 Å². The molecule has 0 spiro atoms. The summed E-state index contributed by atoms with van der Waals surface area (Å²) in [5.41, 5.74) is 1.33. The van der Waals surface area contributed by atoms with Gasteiger partial charge in [-0.1, -0.05) is 51.9 Å². The van der Waals surface area contributed by atoms with Gasteiger partial charge in [-0.25, -0.2) is 0 Å². The predicted octanol–water partition coefficient (Wildman–Crippen LogP) is 4.30. The van der Waals surface area contributed by atoms with Crippen LogP contribution in [0.5, 0.6) is 0 Å². The van der Waals surface area contributed by atoms with E-state index in [2.05, 4.69) is 42.1 Å². The maximum atomic E-state index is 4.36. The summed E-state index contributed by atoms with van der Waals surface area (Å²) < 4.78 is 2.10. The molecule has 0 aliphatic carbocycles. The van der Waals surface area contributed by atoms with Crippen LogP contribution in [-0.4, -0.2) is 16.8 Å². The van der Waals surface area contributed by atoms with Crippen LogP contribution in [0.2, 0.25) is 0 Å². The Labute approximate surface area is 118 Å². The van der Waals surface area contributed by atoms with Crippen molar-refractivity contribution in [1.29, 1.82) is 0 Å². The summed E-state index contributed by atoms with van der Waals surface area (Å²) in [7, 11) is 2.05. The molecule has 0 saturated carbocycles. The van der Waals surface area contributed by atoms with Crippen molar-refractivity contribution in [3.63, 3.8) is 0 Å². The van der Waals surface area contributed by atoms with Crippen molar-refractivity contribution in [2.45, 2.75) is 77.8 Å². The van der Waals surface area contributed by atoms with Gasteiger partial charge < -0.3 is 5.32 Å². The van der Waals surface area contributed by atoms with E-state index < -0.39 is 0 Å². The number of hydrogen-bond donors (Lipinski definition) is 1. The molecule has 0 bridgehead atoms. The molecule has 0 amide bonds. The van der Waals surface area contributed by atoms with Crippen molar-refractivity contribution in [1.82, 2.24) is 15.1 Å². The van der Waals surface area contributed by atoms with E-state index in [1.807, 2.05) is 6.20 Å². The van der Waals surface area contributed by atoms with Gasteiger partial charge in [0, 0.05) is 18.8 Å². The van der Waals surface area contributed by atoms with E-state index in [1.165, 1.54) is 57.1 Å². The van der Waals surface area contributed by atoms with Crippen LogP contribution < -0.4 is 5.32 Å². The minimum atomic E-state index is 0.457. The van der Waals surface area contributed by atoms with Crippen LogP contribution in [0.25, 0.3) is 0 Å². The molecule has 1 heterocycles. The molecule has 1 unspecified atom stereocenters. The molecule has 1 aromatic rings. The van der Waals surface area contributed by atoms with Gasteiger partial charge in [0.25, 0.3) is 0 Å². The van der Waals surface area contributed by atoms with Crippen molar-refractivity contribution in [2.75, 3.05) is 7.05 Å². The predicted molar refractivity (Wildman–Crippen MR) is 82.3 cm³/mol. The lowest BCUT2D eigenvalue weighted by atomic mass is 10.0. The van der Waals surface area contributed by atoms with Crippen LogP contribution in [0, 0.1) is 0 Å². The van der Waals surface area contributed by atoms with E-state index in [0.29, 0.717) is 6.04 Å². The molecule has 3 nitrogen and oxygen atoms in total. The normalized spacial score (nSPS) is 12.8. The molecule has 1 rings (SSSR count). The van der Waals surface area contributed by atoms with Crippen molar-refractivity contribution >= 4 is 0 Å². The molecule has 0 saturated heterocycles. The molecule has 0 radical (unpaired) electrons. The lowest BCUT2D eigenvalue weighted by Crippen LogP contribution is -2.20. The topological polar surface area (TPSA) is 29.9 Å². The molecule has 0 fully saturated rings. The third-order valence-electron chi connectivity index (χ3n) is 3.85.